The third-order valence-corrected chi connectivity index (χ3v) is 3.03. The normalized spacial score (nSPS) is 10.7. The molecular formula is C15H15N3. The first-order chi connectivity index (χ1) is 8.85. The third kappa shape index (κ3) is 2.07. The Bertz CT molecular complexity index is 656. The van der Waals surface area contributed by atoms with Gasteiger partial charge >= 0.3 is 0 Å². The fraction of sp³-hybridized carbons (Fsp3) is 0.133. The molecule has 3 aromatic rings. The average molecular weight is 237 g/mol. The molecule has 3 rings (SSSR count). The van der Waals surface area contributed by atoms with Crippen LogP contribution in [0.3, 0.4) is 0 Å². The summed E-state index contributed by atoms with van der Waals surface area (Å²) in [5, 5.41) is 3.13. The molecule has 1 aromatic heterocycles. The first-order valence-corrected chi connectivity index (χ1v) is 6.05. The fourth-order valence-corrected chi connectivity index (χ4v) is 2.09. The largest absolute Gasteiger partial charge is 0.388 e. The van der Waals surface area contributed by atoms with Crippen LogP contribution < -0.4 is 5.32 Å². The van der Waals surface area contributed by atoms with Gasteiger partial charge in [-0.15, -0.1) is 0 Å². The summed E-state index contributed by atoms with van der Waals surface area (Å²) in [7, 11) is 1.92. The van der Waals surface area contributed by atoms with E-state index in [1.165, 1.54) is 5.56 Å². The van der Waals surface area contributed by atoms with Crippen molar-refractivity contribution in [3.05, 3.63) is 59.9 Å². The molecule has 18 heavy (non-hydrogen) atoms. The number of benzene rings is 2. The van der Waals surface area contributed by atoms with E-state index in [1.54, 1.807) is 0 Å². The molecule has 0 saturated carbocycles. The molecule has 3 heteroatoms. The lowest BCUT2D eigenvalue weighted by Crippen LogP contribution is -1.89. The van der Waals surface area contributed by atoms with Crippen LogP contribution in [-0.2, 0) is 6.42 Å². The van der Waals surface area contributed by atoms with Crippen molar-refractivity contribution in [2.75, 3.05) is 12.4 Å². The number of anilines is 1. The lowest BCUT2D eigenvalue weighted by atomic mass is 10.1. The van der Waals surface area contributed by atoms with E-state index >= 15 is 0 Å². The first-order valence-electron chi connectivity index (χ1n) is 6.05. The standard InChI is InChI=1S/C15H15N3/c1-16-12-7-8-13-14(10-12)18-15(17-13)9-11-5-3-2-4-6-11/h2-8,10,16H,9H2,1H3,(H,17,18). The van der Waals surface area contributed by atoms with Crippen LogP contribution in [0.4, 0.5) is 5.69 Å². The Labute approximate surface area is 106 Å². The van der Waals surface area contributed by atoms with Crippen molar-refractivity contribution in [3.8, 4) is 0 Å². The minimum Gasteiger partial charge on any atom is -0.388 e. The van der Waals surface area contributed by atoms with Crippen LogP contribution in [-0.4, -0.2) is 17.0 Å². The van der Waals surface area contributed by atoms with Gasteiger partial charge in [0, 0.05) is 19.2 Å². The summed E-state index contributed by atoms with van der Waals surface area (Å²) < 4.78 is 0. The molecule has 0 saturated heterocycles. The number of imidazole rings is 1. The quantitative estimate of drug-likeness (QED) is 0.734. The highest BCUT2D eigenvalue weighted by Crippen LogP contribution is 2.18. The van der Waals surface area contributed by atoms with Crippen molar-refractivity contribution >= 4 is 16.7 Å². The van der Waals surface area contributed by atoms with Crippen molar-refractivity contribution in [2.24, 2.45) is 0 Å². The van der Waals surface area contributed by atoms with Gasteiger partial charge in [0.1, 0.15) is 5.82 Å². The zero-order valence-corrected chi connectivity index (χ0v) is 10.3. The van der Waals surface area contributed by atoms with Crippen molar-refractivity contribution in [1.82, 2.24) is 9.97 Å². The average Bonchev–Trinajstić information content (AvgIpc) is 2.80. The van der Waals surface area contributed by atoms with Gasteiger partial charge in [-0.05, 0) is 23.8 Å². The Balaban J connectivity index is 1.94. The number of aromatic amines is 1. The van der Waals surface area contributed by atoms with Crippen molar-refractivity contribution < 1.29 is 0 Å². The summed E-state index contributed by atoms with van der Waals surface area (Å²) in [6.07, 6.45) is 0.838. The van der Waals surface area contributed by atoms with Gasteiger partial charge in [0.05, 0.1) is 11.0 Å². The number of hydrogen-bond donors (Lipinski definition) is 2. The highest BCUT2D eigenvalue weighted by molar-refractivity contribution is 5.79. The summed E-state index contributed by atoms with van der Waals surface area (Å²) >= 11 is 0. The maximum absolute atomic E-state index is 4.60. The summed E-state index contributed by atoms with van der Waals surface area (Å²) in [6.45, 7) is 0. The van der Waals surface area contributed by atoms with E-state index in [0.717, 1.165) is 29.0 Å². The monoisotopic (exact) mass is 237 g/mol. The summed E-state index contributed by atoms with van der Waals surface area (Å²) in [5.74, 6) is 1.00. The zero-order valence-electron chi connectivity index (χ0n) is 10.3. The topological polar surface area (TPSA) is 40.7 Å². The second-order valence-corrected chi connectivity index (χ2v) is 4.33. The van der Waals surface area contributed by atoms with Crippen LogP contribution in [0.25, 0.3) is 11.0 Å². The lowest BCUT2D eigenvalue weighted by molar-refractivity contribution is 1.04. The van der Waals surface area contributed by atoms with E-state index in [9.17, 15) is 0 Å². The number of hydrogen-bond acceptors (Lipinski definition) is 2. The molecular weight excluding hydrogens is 222 g/mol. The van der Waals surface area contributed by atoms with Crippen LogP contribution in [0.1, 0.15) is 11.4 Å². The van der Waals surface area contributed by atoms with Crippen LogP contribution in [0.5, 0.6) is 0 Å². The second kappa shape index (κ2) is 4.53. The van der Waals surface area contributed by atoms with E-state index in [-0.39, 0.29) is 0 Å². The number of aromatic nitrogens is 2. The van der Waals surface area contributed by atoms with Crippen LogP contribution in [0.2, 0.25) is 0 Å². The molecule has 90 valence electrons. The molecule has 2 N–H and O–H groups in total. The van der Waals surface area contributed by atoms with Gasteiger partial charge < -0.3 is 10.3 Å². The first kappa shape index (κ1) is 10.8. The number of nitrogens with zero attached hydrogens (tertiary/aromatic N) is 1. The lowest BCUT2D eigenvalue weighted by Gasteiger charge is -1.97. The number of rotatable bonds is 3. The minimum atomic E-state index is 0.838. The van der Waals surface area contributed by atoms with Crippen LogP contribution in [0.15, 0.2) is 48.5 Å². The van der Waals surface area contributed by atoms with Gasteiger partial charge in [-0.1, -0.05) is 30.3 Å². The van der Waals surface area contributed by atoms with Gasteiger partial charge in [-0.3, -0.25) is 0 Å². The molecule has 0 unspecified atom stereocenters. The summed E-state index contributed by atoms with van der Waals surface area (Å²) in [5.41, 5.74) is 4.45. The second-order valence-electron chi connectivity index (χ2n) is 4.33. The van der Waals surface area contributed by atoms with Gasteiger partial charge in [-0.2, -0.15) is 0 Å². The number of H-pyrrole nitrogens is 1. The predicted molar refractivity (Wildman–Crippen MR) is 74.9 cm³/mol. The third-order valence-electron chi connectivity index (χ3n) is 3.03. The predicted octanol–water partition coefficient (Wildman–Crippen LogP) is 3.20. The zero-order chi connectivity index (χ0) is 12.4. The van der Waals surface area contributed by atoms with E-state index < -0.39 is 0 Å². The molecule has 0 aliphatic carbocycles. The number of fused-ring (bicyclic) bond motifs is 1. The van der Waals surface area contributed by atoms with Gasteiger partial charge in [0.25, 0.3) is 0 Å². The fourth-order valence-electron chi connectivity index (χ4n) is 2.09. The molecule has 3 nitrogen and oxygen atoms in total. The maximum atomic E-state index is 4.60. The SMILES string of the molecule is CNc1ccc2nc(Cc3ccccc3)[nH]c2c1. The highest BCUT2D eigenvalue weighted by atomic mass is 14.9. The van der Waals surface area contributed by atoms with E-state index in [4.69, 9.17) is 0 Å². The minimum absolute atomic E-state index is 0.838. The van der Waals surface area contributed by atoms with E-state index in [1.807, 2.05) is 25.2 Å². The van der Waals surface area contributed by atoms with E-state index in [2.05, 4.69) is 45.6 Å². The molecule has 0 aliphatic rings. The highest BCUT2D eigenvalue weighted by Gasteiger charge is 2.04. The molecule has 0 spiro atoms. The maximum Gasteiger partial charge on any atom is 0.111 e. The molecule has 2 aromatic carbocycles. The summed E-state index contributed by atoms with van der Waals surface area (Å²) in [6, 6.07) is 16.5. The van der Waals surface area contributed by atoms with Crippen LogP contribution >= 0.6 is 0 Å². The van der Waals surface area contributed by atoms with Gasteiger partial charge in [0.15, 0.2) is 0 Å². The molecule has 1 heterocycles. The van der Waals surface area contributed by atoms with Crippen LogP contribution in [0, 0.1) is 0 Å². The molecule has 0 atom stereocenters. The van der Waals surface area contributed by atoms with E-state index in [0.29, 0.717) is 0 Å². The Kier molecular flexibility index (Phi) is 2.73. The molecule has 0 aliphatic heterocycles. The molecule has 0 radical (unpaired) electrons. The van der Waals surface area contributed by atoms with Crippen molar-refractivity contribution in [1.29, 1.82) is 0 Å². The Hall–Kier alpha value is -2.29. The molecule has 0 bridgehead atoms. The Morgan fingerprint density at radius 3 is 2.72 bits per heavy atom. The Morgan fingerprint density at radius 1 is 1.11 bits per heavy atom. The molecule has 0 fully saturated rings. The Morgan fingerprint density at radius 2 is 1.94 bits per heavy atom. The van der Waals surface area contributed by atoms with Gasteiger partial charge in [0.2, 0.25) is 0 Å². The van der Waals surface area contributed by atoms with Crippen molar-refractivity contribution in [2.45, 2.75) is 6.42 Å². The smallest absolute Gasteiger partial charge is 0.111 e. The number of nitrogens with one attached hydrogen (secondary N) is 2. The molecule has 0 amide bonds. The van der Waals surface area contributed by atoms with Crippen molar-refractivity contribution in [3.63, 3.8) is 0 Å². The summed E-state index contributed by atoms with van der Waals surface area (Å²) in [4.78, 5) is 7.97. The van der Waals surface area contributed by atoms with Gasteiger partial charge in [-0.25, -0.2) is 4.98 Å².